The van der Waals surface area contributed by atoms with Gasteiger partial charge in [0.05, 0.1) is 26.4 Å². The number of esters is 3. The van der Waals surface area contributed by atoms with Gasteiger partial charge in [0.1, 0.15) is 25.4 Å². The van der Waals surface area contributed by atoms with Crippen molar-refractivity contribution in [1.29, 1.82) is 0 Å². The average molecular weight is 1270 g/mol. The maximum atomic E-state index is 12.8. The second kappa shape index (κ2) is 62.7. The van der Waals surface area contributed by atoms with E-state index in [0.717, 1.165) is 148 Å². The molecule has 18 heteroatoms. The summed E-state index contributed by atoms with van der Waals surface area (Å²) in [7, 11) is -9.77. The molecule has 16 nitrogen and oxygen atoms in total. The van der Waals surface area contributed by atoms with Gasteiger partial charge in [0.15, 0.2) is 6.10 Å². The van der Waals surface area contributed by atoms with Crippen molar-refractivity contribution in [1.82, 2.24) is 0 Å². The number of hydrogen-bond donors (Lipinski definition) is 4. The average Bonchev–Trinajstić information content (AvgIpc) is 3.53. The number of unbranched alkanes of at least 4 members (excludes halogenated alkanes) is 24. The van der Waals surface area contributed by atoms with Gasteiger partial charge in [-0.1, -0.05) is 227 Å². The zero-order valence-electron chi connectivity index (χ0n) is 54.2. The summed E-state index contributed by atoms with van der Waals surface area (Å²) in [6.45, 7) is 2.45. The molecule has 0 aromatic rings. The van der Waals surface area contributed by atoms with Crippen LogP contribution in [-0.4, -0.2) is 95.9 Å². The van der Waals surface area contributed by atoms with E-state index in [1.165, 1.54) is 57.8 Å². The number of carbonyl (C=O) groups is 3. The van der Waals surface area contributed by atoms with E-state index >= 15 is 0 Å². The van der Waals surface area contributed by atoms with E-state index in [-0.39, 0.29) is 19.3 Å². The fourth-order valence-corrected chi connectivity index (χ4v) is 10.2. The highest BCUT2D eigenvalue weighted by Gasteiger charge is 2.29. The molecule has 0 aliphatic carbocycles. The predicted octanol–water partition coefficient (Wildman–Crippen LogP) is 18.3. The largest absolute Gasteiger partial charge is 0.472 e. The fraction of sp³-hybridized carbons (Fsp3) is 0.725. The van der Waals surface area contributed by atoms with Crippen LogP contribution >= 0.6 is 15.6 Å². The molecule has 0 heterocycles. The second-order valence-electron chi connectivity index (χ2n) is 22.2. The van der Waals surface area contributed by atoms with E-state index in [0.29, 0.717) is 19.3 Å². The van der Waals surface area contributed by atoms with Gasteiger partial charge in [0.25, 0.3) is 0 Å². The molecule has 0 fully saturated rings. The lowest BCUT2D eigenvalue weighted by molar-refractivity contribution is -0.161. The molecule has 0 aliphatic rings. The third kappa shape index (κ3) is 63.8. The lowest BCUT2D eigenvalue weighted by atomic mass is 10.1. The molecule has 0 aliphatic heterocycles. The first-order valence-corrected chi connectivity index (χ1v) is 36.5. The van der Waals surface area contributed by atoms with Crippen molar-refractivity contribution in [2.24, 2.45) is 0 Å². The Balaban J connectivity index is 4.46. The van der Waals surface area contributed by atoms with Crippen LogP contribution in [0.5, 0.6) is 0 Å². The third-order valence-corrected chi connectivity index (χ3v) is 15.7. The van der Waals surface area contributed by atoms with Crippen molar-refractivity contribution in [2.75, 3.05) is 39.6 Å². The van der Waals surface area contributed by atoms with Crippen LogP contribution in [0.2, 0.25) is 0 Å². The highest BCUT2D eigenvalue weighted by molar-refractivity contribution is 7.47. The Bertz CT molecular complexity index is 1980. The molecule has 0 rings (SSSR count). The van der Waals surface area contributed by atoms with Crippen molar-refractivity contribution in [3.8, 4) is 0 Å². The van der Waals surface area contributed by atoms with Crippen LogP contribution in [-0.2, 0) is 55.8 Å². The van der Waals surface area contributed by atoms with E-state index in [2.05, 4.69) is 118 Å². The number of allylic oxidation sites excluding steroid dienone is 16. The molecule has 0 amide bonds. The first-order chi connectivity index (χ1) is 42.2. The Kier molecular flexibility index (Phi) is 60.1. The van der Waals surface area contributed by atoms with Crippen LogP contribution in [0.4, 0.5) is 0 Å². The standard InChI is InChI=1S/C69H120O16P2/c1-4-7-10-13-16-19-22-24-25-26-27-28-29-30-31-32-33-34-35-36-37-39-42-43-46-49-52-55-67(72)79-58-64(70)59-81-86(75,76)82-60-65(71)61-83-87(77,78)84-63-66(85-69(74)57-54-51-48-45-40-21-18-15-12-9-6-3)62-80-68(73)56-53-50-47-44-41-38-23-20-17-14-11-8-5-2/h7,10,15-16,18-20,23-25,27-28,30-31,33-34,64-66,70-71H,4-6,8-9,11-14,17,21-22,26,29,32,35-63H2,1-3H3,(H,75,76)(H,77,78)/b10-7-,18-15-,19-16-,23-20-,25-24-,28-27-,31-30-,34-33-. The zero-order valence-corrected chi connectivity index (χ0v) is 56.0. The quantitative estimate of drug-likeness (QED) is 0.0146. The molecule has 0 aromatic heterocycles. The molecule has 0 spiro atoms. The number of aliphatic hydroxyl groups is 2. The van der Waals surface area contributed by atoms with Gasteiger partial charge >= 0.3 is 33.6 Å². The van der Waals surface area contributed by atoms with Crippen molar-refractivity contribution in [3.05, 3.63) is 97.2 Å². The number of phosphoric acid groups is 2. The normalized spacial score (nSPS) is 14.9. The van der Waals surface area contributed by atoms with E-state index in [4.69, 9.17) is 32.3 Å². The molecule has 0 radical (unpaired) electrons. The number of hydrogen-bond acceptors (Lipinski definition) is 14. The van der Waals surface area contributed by atoms with Crippen molar-refractivity contribution >= 4 is 33.6 Å². The Morgan fingerprint density at radius 3 is 1.01 bits per heavy atom. The molecule has 502 valence electrons. The van der Waals surface area contributed by atoms with Gasteiger partial charge in [0, 0.05) is 19.3 Å². The summed E-state index contributed by atoms with van der Waals surface area (Å²) >= 11 is 0. The minimum atomic E-state index is -4.92. The third-order valence-electron chi connectivity index (χ3n) is 13.8. The number of aliphatic hydroxyl groups excluding tert-OH is 2. The first-order valence-electron chi connectivity index (χ1n) is 33.5. The lowest BCUT2D eigenvalue weighted by Crippen LogP contribution is -2.30. The molecule has 5 unspecified atom stereocenters. The summed E-state index contributed by atoms with van der Waals surface area (Å²) < 4.78 is 60.7. The predicted molar refractivity (Wildman–Crippen MR) is 353 cm³/mol. The lowest BCUT2D eigenvalue weighted by Gasteiger charge is -2.21. The van der Waals surface area contributed by atoms with Crippen molar-refractivity contribution < 1.29 is 75.8 Å². The van der Waals surface area contributed by atoms with Gasteiger partial charge < -0.3 is 34.2 Å². The highest BCUT2D eigenvalue weighted by atomic mass is 31.2. The van der Waals surface area contributed by atoms with E-state index in [1.54, 1.807) is 0 Å². The minimum Gasteiger partial charge on any atom is -0.463 e. The van der Waals surface area contributed by atoms with Crippen molar-refractivity contribution in [3.63, 3.8) is 0 Å². The van der Waals surface area contributed by atoms with E-state index in [1.807, 2.05) is 0 Å². The summed E-state index contributed by atoms with van der Waals surface area (Å²) in [4.78, 5) is 58.2. The molecule has 0 aromatic carbocycles. The van der Waals surface area contributed by atoms with Crippen LogP contribution in [0.15, 0.2) is 97.2 Å². The molecular weight excluding hydrogens is 1150 g/mol. The summed E-state index contributed by atoms with van der Waals surface area (Å²) in [6.07, 6.45) is 67.7. The van der Waals surface area contributed by atoms with Crippen molar-refractivity contribution in [2.45, 2.75) is 283 Å². The fourth-order valence-electron chi connectivity index (χ4n) is 8.61. The second-order valence-corrected chi connectivity index (χ2v) is 25.1. The summed E-state index contributed by atoms with van der Waals surface area (Å²) in [5.74, 6) is -1.60. The zero-order chi connectivity index (χ0) is 63.8. The van der Waals surface area contributed by atoms with Gasteiger partial charge in [-0.2, -0.15) is 0 Å². The highest BCUT2D eigenvalue weighted by Crippen LogP contribution is 2.45. The summed E-state index contributed by atoms with van der Waals surface area (Å²) in [5.41, 5.74) is 0. The van der Waals surface area contributed by atoms with Crippen LogP contribution in [0.25, 0.3) is 0 Å². The molecule has 5 atom stereocenters. The topological polar surface area (TPSA) is 231 Å². The number of phosphoric ester groups is 2. The van der Waals surface area contributed by atoms with Gasteiger partial charge in [-0.15, -0.1) is 0 Å². The number of carbonyl (C=O) groups excluding carboxylic acids is 3. The van der Waals surface area contributed by atoms with Gasteiger partial charge in [-0.05, 0) is 116 Å². The monoisotopic (exact) mass is 1270 g/mol. The van der Waals surface area contributed by atoms with E-state index < -0.39 is 91.5 Å². The minimum absolute atomic E-state index is 0.0930. The number of rotatable bonds is 63. The Morgan fingerprint density at radius 2 is 0.621 bits per heavy atom. The Labute approximate surface area is 527 Å². The Hall–Kier alpha value is -3.53. The molecular formula is C69H120O16P2. The van der Waals surface area contributed by atoms with Crippen LogP contribution < -0.4 is 0 Å². The molecule has 0 saturated heterocycles. The SMILES string of the molecule is CC/C=C\C/C=C\C/C=C\C/C=C\C/C=C\C/C=C\CCCCCCCCCCC(=O)OCC(O)COP(=O)(O)OCC(O)COP(=O)(O)OCC(COC(=O)CCCCCCC/C=C\CCCCCC)OC(=O)CCCCCCC/C=C\CCCC. The maximum absolute atomic E-state index is 12.8. The molecule has 0 bridgehead atoms. The maximum Gasteiger partial charge on any atom is 0.472 e. The smallest absolute Gasteiger partial charge is 0.463 e. The van der Waals surface area contributed by atoms with Crippen LogP contribution in [0, 0.1) is 0 Å². The summed E-state index contributed by atoms with van der Waals surface area (Å²) in [6, 6.07) is 0. The van der Waals surface area contributed by atoms with Crippen LogP contribution in [0.3, 0.4) is 0 Å². The van der Waals surface area contributed by atoms with E-state index in [9.17, 15) is 43.5 Å². The summed E-state index contributed by atoms with van der Waals surface area (Å²) in [5, 5.41) is 20.5. The van der Waals surface area contributed by atoms with Gasteiger partial charge in [-0.3, -0.25) is 32.5 Å². The molecule has 87 heavy (non-hydrogen) atoms. The molecule has 4 N–H and O–H groups in total. The van der Waals surface area contributed by atoms with Gasteiger partial charge in [0.2, 0.25) is 0 Å². The van der Waals surface area contributed by atoms with Gasteiger partial charge in [-0.25, -0.2) is 9.13 Å². The Morgan fingerprint density at radius 1 is 0.333 bits per heavy atom. The van der Waals surface area contributed by atoms with Crippen LogP contribution in [0.1, 0.15) is 265 Å². The molecule has 0 saturated carbocycles. The number of ether oxygens (including phenoxy) is 3. The first kappa shape index (κ1) is 83.5.